The fourth-order valence-electron chi connectivity index (χ4n) is 2.09. The van der Waals surface area contributed by atoms with E-state index in [-0.39, 0.29) is 11.9 Å². The molecule has 1 aliphatic rings. The minimum atomic E-state index is -0.425. The van der Waals surface area contributed by atoms with Gasteiger partial charge in [-0.25, -0.2) is 0 Å². The summed E-state index contributed by atoms with van der Waals surface area (Å²) < 4.78 is 5.48. The molecule has 0 N–H and O–H groups in total. The third kappa shape index (κ3) is 2.78. The number of fused-ring (bicyclic) bond motifs is 1. The highest BCUT2D eigenvalue weighted by atomic mass is 32.1. The monoisotopic (exact) mass is 250 g/mol. The predicted octanol–water partition coefficient (Wildman–Crippen LogP) is 3.68. The summed E-state index contributed by atoms with van der Waals surface area (Å²) in [6.45, 7) is 9.72. The maximum Gasteiger partial charge on any atom is 0.314 e. The Labute approximate surface area is 106 Å². The molecule has 2 rings (SSSR count). The summed E-state index contributed by atoms with van der Waals surface area (Å²) in [5.41, 5.74) is 1.83. The van der Waals surface area contributed by atoms with Gasteiger partial charge in [-0.05, 0) is 44.2 Å². The molecule has 0 spiro atoms. The van der Waals surface area contributed by atoms with E-state index >= 15 is 0 Å². The van der Waals surface area contributed by atoms with Crippen molar-refractivity contribution in [3.8, 4) is 0 Å². The van der Waals surface area contributed by atoms with E-state index in [1.165, 1.54) is 4.88 Å². The maximum absolute atomic E-state index is 12.2. The van der Waals surface area contributed by atoms with E-state index < -0.39 is 5.60 Å². The van der Waals surface area contributed by atoms with Crippen LogP contribution in [-0.2, 0) is 16.0 Å². The molecule has 1 aromatic rings. The van der Waals surface area contributed by atoms with Gasteiger partial charge >= 0.3 is 5.97 Å². The highest BCUT2D eigenvalue weighted by Gasteiger charge is 2.32. The van der Waals surface area contributed by atoms with Gasteiger partial charge in [0.05, 0.1) is 5.92 Å². The van der Waals surface area contributed by atoms with E-state index in [0.29, 0.717) is 0 Å². The van der Waals surface area contributed by atoms with E-state index in [2.05, 4.69) is 6.58 Å². The van der Waals surface area contributed by atoms with Crippen LogP contribution in [0.3, 0.4) is 0 Å². The number of hydrogen-bond acceptors (Lipinski definition) is 3. The summed E-state index contributed by atoms with van der Waals surface area (Å²) in [4.78, 5) is 13.4. The van der Waals surface area contributed by atoms with Crippen molar-refractivity contribution >= 4 is 17.3 Å². The van der Waals surface area contributed by atoms with Gasteiger partial charge in [0.25, 0.3) is 0 Å². The van der Waals surface area contributed by atoms with Crippen molar-refractivity contribution in [3.05, 3.63) is 34.0 Å². The first-order chi connectivity index (χ1) is 7.87. The second-order valence-corrected chi connectivity index (χ2v) is 6.52. The van der Waals surface area contributed by atoms with Crippen LogP contribution in [0.15, 0.2) is 23.6 Å². The lowest BCUT2D eigenvalue weighted by molar-refractivity contribution is -0.156. The lowest BCUT2D eigenvalue weighted by atomic mass is 9.85. The molecular weight excluding hydrogens is 232 g/mol. The zero-order chi connectivity index (χ0) is 12.6. The average molecular weight is 250 g/mol. The molecule has 92 valence electrons. The molecule has 2 nitrogen and oxygen atoms in total. The number of carbonyl (C=O) groups is 1. The minimum Gasteiger partial charge on any atom is -0.459 e. The second kappa shape index (κ2) is 4.30. The smallest absolute Gasteiger partial charge is 0.314 e. The first-order valence-corrected chi connectivity index (χ1v) is 6.70. The number of carbonyl (C=O) groups excluding carboxylic acids is 1. The van der Waals surface area contributed by atoms with Crippen molar-refractivity contribution in [2.45, 2.75) is 45.1 Å². The topological polar surface area (TPSA) is 26.3 Å². The fraction of sp³-hybridized carbons (Fsp3) is 0.500. The van der Waals surface area contributed by atoms with Gasteiger partial charge in [0.1, 0.15) is 5.60 Å². The fourth-order valence-corrected chi connectivity index (χ4v) is 3.10. The summed E-state index contributed by atoms with van der Waals surface area (Å²) in [6.07, 6.45) is 1.63. The number of rotatable bonds is 1. The van der Waals surface area contributed by atoms with Gasteiger partial charge in [-0.3, -0.25) is 4.79 Å². The summed E-state index contributed by atoms with van der Waals surface area (Å²) in [5, 5.41) is 2.04. The Morgan fingerprint density at radius 1 is 1.53 bits per heavy atom. The molecule has 0 amide bonds. The molecule has 0 radical (unpaired) electrons. The summed E-state index contributed by atoms with van der Waals surface area (Å²) in [5.74, 6) is -0.283. The van der Waals surface area contributed by atoms with Crippen LogP contribution in [0, 0.1) is 0 Å². The van der Waals surface area contributed by atoms with Gasteiger partial charge in [0.2, 0.25) is 0 Å². The molecule has 0 bridgehead atoms. The van der Waals surface area contributed by atoms with Gasteiger partial charge in [-0.1, -0.05) is 12.2 Å². The van der Waals surface area contributed by atoms with Crippen LogP contribution in [-0.4, -0.2) is 11.6 Å². The van der Waals surface area contributed by atoms with Crippen molar-refractivity contribution in [2.24, 2.45) is 0 Å². The molecular formula is C14H18O2S. The SMILES string of the molecule is C=C1Cc2sccc2C(C(=O)OC(C)(C)C)C1. The molecule has 0 fully saturated rings. The van der Waals surface area contributed by atoms with E-state index in [1.54, 1.807) is 11.3 Å². The molecule has 0 aromatic carbocycles. The Hall–Kier alpha value is -1.09. The largest absolute Gasteiger partial charge is 0.459 e. The lowest BCUT2D eigenvalue weighted by Gasteiger charge is -2.27. The van der Waals surface area contributed by atoms with E-state index in [4.69, 9.17) is 4.74 Å². The van der Waals surface area contributed by atoms with E-state index in [1.807, 2.05) is 32.2 Å². The number of allylic oxidation sites excluding steroid dienone is 1. The highest BCUT2D eigenvalue weighted by Crippen LogP contribution is 2.38. The standard InChI is InChI=1S/C14H18O2S/c1-9-7-11(13(15)16-14(2,3)4)10-5-6-17-12(10)8-9/h5-6,11H,1,7-8H2,2-4H3. The molecule has 1 unspecified atom stereocenters. The van der Waals surface area contributed by atoms with E-state index in [9.17, 15) is 4.79 Å². The number of thiophene rings is 1. The third-order valence-electron chi connectivity index (χ3n) is 2.75. The van der Waals surface area contributed by atoms with Crippen LogP contribution in [0.25, 0.3) is 0 Å². The van der Waals surface area contributed by atoms with Gasteiger partial charge in [-0.15, -0.1) is 11.3 Å². The van der Waals surface area contributed by atoms with Crippen molar-refractivity contribution in [2.75, 3.05) is 0 Å². The molecule has 1 aliphatic carbocycles. The van der Waals surface area contributed by atoms with E-state index in [0.717, 1.165) is 24.0 Å². The van der Waals surface area contributed by atoms with Crippen molar-refractivity contribution in [1.29, 1.82) is 0 Å². The number of esters is 1. The first kappa shape index (κ1) is 12.4. The molecule has 0 saturated carbocycles. The van der Waals surface area contributed by atoms with Crippen LogP contribution in [0.1, 0.15) is 43.6 Å². The zero-order valence-electron chi connectivity index (χ0n) is 10.6. The Morgan fingerprint density at radius 3 is 2.88 bits per heavy atom. The zero-order valence-corrected chi connectivity index (χ0v) is 11.4. The van der Waals surface area contributed by atoms with Crippen LogP contribution in [0.4, 0.5) is 0 Å². The predicted molar refractivity (Wildman–Crippen MR) is 70.4 cm³/mol. The molecule has 0 aliphatic heterocycles. The van der Waals surface area contributed by atoms with Crippen LogP contribution < -0.4 is 0 Å². The second-order valence-electron chi connectivity index (χ2n) is 5.52. The van der Waals surface area contributed by atoms with Crippen molar-refractivity contribution in [3.63, 3.8) is 0 Å². The van der Waals surface area contributed by atoms with Crippen LogP contribution in [0.2, 0.25) is 0 Å². The van der Waals surface area contributed by atoms with Crippen molar-refractivity contribution in [1.82, 2.24) is 0 Å². The van der Waals surface area contributed by atoms with Gasteiger partial charge in [0.15, 0.2) is 0 Å². The summed E-state index contributed by atoms with van der Waals surface area (Å²) in [6, 6.07) is 2.04. The molecule has 1 heterocycles. The average Bonchev–Trinajstić information content (AvgIpc) is 2.60. The Balaban J connectivity index is 2.23. The summed E-state index contributed by atoms with van der Waals surface area (Å²) in [7, 11) is 0. The molecule has 1 atom stereocenters. The normalized spacial score (nSPS) is 19.9. The Kier molecular flexibility index (Phi) is 3.13. The highest BCUT2D eigenvalue weighted by molar-refractivity contribution is 7.10. The van der Waals surface area contributed by atoms with Crippen LogP contribution >= 0.6 is 11.3 Å². The summed E-state index contributed by atoms with van der Waals surface area (Å²) >= 11 is 1.70. The molecule has 1 aromatic heterocycles. The van der Waals surface area contributed by atoms with Crippen LogP contribution in [0.5, 0.6) is 0 Å². The maximum atomic E-state index is 12.2. The van der Waals surface area contributed by atoms with Gasteiger partial charge in [-0.2, -0.15) is 0 Å². The minimum absolute atomic E-state index is 0.127. The number of hydrogen-bond donors (Lipinski definition) is 0. The molecule has 3 heteroatoms. The quantitative estimate of drug-likeness (QED) is 0.561. The Bertz CT molecular complexity index is 451. The Morgan fingerprint density at radius 2 is 2.24 bits per heavy atom. The number of ether oxygens (including phenoxy) is 1. The van der Waals surface area contributed by atoms with Gasteiger partial charge in [0, 0.05) is 11.3 Å². The first-order valence-electron chi connectivity index (χ1n) is 5.82. The lowest BCUT2D eigenvalue weighted by Crippen LogP contribution is -2.29. The molecule has 17 heavy (non-hydrogen) atoms. The molecule has 0 saturated heterocycles. The third-order valence-corrected chi connectivity index (χ3v) is 3.69. The van der Waals surface area contributed by atoms with Crippen molar-refractivity contribution < 1.29 is 9.53 Å². The van der Waals surface area contributed by atoms with Gasteiger partial charge < -0.3 is 4.74 Å².